The molecular weight excluding hydrogens is 545 g/mol. The van der Waals surface area contributed by atoms with Crippen molar-refractivity contribution in [1.82, 2.24) is 0 Å². The highest BCUT2D eigenvalue weighted by molar-refractivity contribution is 6.03. The van der Waals surface area contributed by atoms with Crippen LogP contribution in [0.25, 0.3) is 6.08 Å². The maximum Gasteiger partial charge on any atom is 0.233 e. The van der Waals surface area contributed by atoms with E-state index in [9.17, 15) is 39.8 Å². The molecule has 10 heteroatoms. The van der Waals surface area contributed by atoms with Gasteiger partial charge < -0.3 is 40.3 Å². The lowest BCUT2D eigenvalue weighted by atomic mass is 9.77. The number of anilines is 1. The number of halogens is 1. The van der Waals surface area contributed by atoms with Crippen LogP contribution < -0.4 is 4.90 Å². The predicted molar refractivity (Wildman–Crippen MR) is 152 cm³/mol. The largest absolute Gasteiger partial charge is 0.508 e. The number of hydrogen-bond acceptors (Lipinski definition) is 8. The van der Waals surface area contributed by atoms with E-state index in [0.717, 1.165) is 0 Å². The molecule has 2 saturated heterocycles. The van der Waals surface area contributed by atoms with Gasteiger partial charge in [0.15, 0.2) is 0 Å². The number of carbonyl (C=O) groups excluding carboxylic acids is 1. The molecule has 2 heterocycles. The molecule has 2 aliphatic heterocycles. The average Bonchev–Trinajstić information content (AvgIpc) is 2.99. The van der Waals surface area contributed by atoms with Crippen LogP contribution in [0, 0.1) is 11.7 Å². The minimum Gasteiger partial charge on any atom is -0.508 e. The zero-order chi connectivity index (χ0) is 30.0. The molecule has 0 saturated carbocycles. The fourth-order valence-corrected chi connectivity index (χ4v) is 5.66. The van der Waals surface area contributed by atoms with E-state index in [4.69, 9.17) is 4.74 Å². The summed E-state index contributed by atoms with van der Waals surface area (Å²) in [4.78, 5) is 15.0. The third-order valence-corrected chi connectivity index (χ3v) is 8.03. The van der Waals surface area contributed by atoms with Crippen LogP contribution in [0.5, 0.6) is 5.75 Å². The number of phenols is 1. The molecule has 1 amide bonds. The van der Waals surface area contributed by atoms with Gasteiger partial charge in [-0.25, -0.2) is 4.39 Å². The summed E-state index contributed by atoms with van der Waals surface area (Å²) < 4.78 is 18.8. The van der Waals surface area contributed by atoms with Crippen LogP contribution >= 0.6 is 0 Å². The molecule has 0 bridgehead atoms. The Hall–Kier alpha value is -3.64. The SMILES string of the molecule is O=C1[C@H](CC[C@H](O)c2ccc(F)cc2)[C@@H](c2ccc(C=C[C@@H]3O[C@H](CO)[C@@H](O)[C@H](O)[C@H]3O)cc2O)N1c1ccccc1. The number of aromatic hydroxyl groups is 1. The smallest absolute Gasteiger partial charge is 0.233 e. The Morgan fingerprint density at radius 2 is 1.67 bits per heavy atom. The van der Waals surface area contributed by atoms with E-state index in [1.165, 1.54) is 36.4 Å². The number of aliphatic hydroxyl groups excluding tert-OH is 5. The second-order valence-corrected chi connectivity index (χ2v) is 10.7. The number of phenolic OH excluding ortho intramolecular Hbond substituents is 1. The van der Waals surface area contributed by atoms with Crippen LogP contribution in [0.4, 0.5) is 10.1 Å². The molecule has 6 N–H and O–H groups in total. The lowest BCUT2D eigenvalue weighted by Crippen LogP contribution is -2.57. The summed E-state index contributed by atoms with van der Waals surface area (Å²) in [6.07, 6.45) is -3.64. The van der Waals surface area contributed by atoms with E-state index >= 15 is 0 Å². The van der Waals surface area contributed by atoms with Crippen LogP contribution in [-0.2, 0) is 9.53 Å². The molecule has 9 nitrogen and oxygen atoms in total. The third-order valence-electron chi connectivity index (χ3n) is 8.03. The normalized spacial score (nSPS) is 28.6. The Morgan fingerprint density at radius 3 is 2.33 bits per heavy atom. The summed E-state index contributed by atoms with van der Waals surface area (Å²) in [6, 6.07) is 19.1. The molecule has 8 atom stereocenters. The van der Waals surface area contributed by atoms with Crippen molar-refractivity contribution in [2.45, 2.75) is 55.5 Å². The van der Waals surface area contributed by atoms with E-state index in [1.807, 2.05) is 30.3 Å². The lowest BCUT2D eigenvalue weighted by Gasteiger charge is -2.48. The highest BCUT2D eigenvalue weighted by atomic mass is 19.1. The molecular formula is C32H34FNO8. The van der Waals surface area contributed by atoms with Gasteiger partial charge in [-0.3, -0.25) is 4.79 Å². The molecule has 0 spiro atoms. The van der Waals surface area contributed by atoms with Gasteiger partial charge in [0.2, 0.25) is 5.91 Å². The van der Waals surface area contributed by atoms with Crippen LogP contribution in [-0.4, -0.2) is 73.7 Å². The number of carbonyl (C=O) groups is 1. The highest BCUT2D eigenvalue weighted by Crippen LogP contribution is 2.48. The van der Waals surface area contributed by atoms with Gasteiger partial charge >= 0.3 is 0 Å². The third kappa shape index (κ3) is 5.96. The molecule has 2 fully saturated rings. The average molecular weight is 580 g/mol. The minimum atomic E-state index is -1.50. The van der Waals surface area contributed by atoms with Gasteiger partial charge in [-0.1, -0.05) is 54.6 Å². The standard InChI is InChI=1S/C32H34FNO8/c33-20-10-8-19(9-11-20)24(36)14-13-23-28(34(32(23)41)21-4-2-1-3-5-21)22-12-6-18(16-25(22)37)7-15-26-29(38)31(40)30(39)27(17-35)42-26/h1-12,15-16,23-24,26-31,35-40H,13-14,17H2/t23-,24+,26+,27-,28-,29+,30-,31-/m1/s1. The number of aliphatic hydroxyl groups is 5. The molecule has 222 valence electrons. The fraction of sp³-hybridized carbons (Fsp3) is 0.344. The Bertz CT molecular complexity index is 1400. The predicted octanol–water partition coefficient (Wildman–Crippen LogP) is 2.60. The first-order chi connectivity index (χ1) is 20.2. The Labute approximate surface area is 242 Å². The van der Waals surface area contributed by atoms with Crippen molar-refractivity contribution in [2.24, 2.45) is 5.92 Å². The van der Waals surface area contributed by atoms with E-state index in [1.54, 1.807) is 23.1 Å². The van der Waals surface area contributed by atoms with Crippen molar-refractivity contribution < 1.29 is 44.6 Å². The van der Waals surface area contributed by atoms with Gasteiger partial charge in [-0.05, 0) is 54.3 Å². The number of hydrogen-bond donors (Lipinski definition) is 6. The maximum absolute atomic E-state index is 13.3. The van der Waals surface area contributed by atoms with Gasteiger partial charge in [0, 0.05) is 11.3 Å². The summed E-state index contributed by atoms with van der Waals surface area (Å²) in [5, 5.41) is 61.5. The van der Waals surface area contributed by atoms with Crippen molar-refractivity contribution in [3.63, 3.8) is 0 Å². The first kappa shape index (κ1) is 29.8. The number of nitrogens with zero attached hydrogens (tertiary/aromatic N) is 1. The van der Waals surface area contributed by atoms with E-state index in [0.29, 0.717) is 28.8 Å². The van der Waals surface area contributed by atoms with Crippen molar-refractivity contribution in [3.05, 3.63) is 101 Å². The van der Waals surface area contributed by atoms with Crippen molar-refractivity contribution in [2.75, 3.05) is 11.5 Å². The van der Waals surface area contributed by atoms with Crippen molar-refractivity contribution >= 4 is 17.7 Å². The quantitative estimate of drug-likeness (QED) is 0.212. The summed E-state index contributed by atoms with van der Waals surface area (Å²) in [5.74, 6) is -1.11. The molecule has 2 aliphatic rings. The number of β-lactam (4-membered cyclic amide) rings is 1. The highest BCUT2D eigenvalue weighted by Gasteiger charge is 2.49. The zero-order valence-electron chi connectivity index (χ0n) is 22.6. The Morgan fingerprint density at radius 1 is 0.952 bits per heavy atom. The van der Waals surface area contributed by atoms with Gasteiger partial charge in [-0.2, -0.15) is 0 Å². The first-order valence-corrected chi connectivity index (χ1v) is 13.8. The Balaban J connectivity index is 1.35. The second-order valence-electron chi connectivity index (χ2n) is 10.7. The summed E-state index contributed by atoms with van der Waals surface area (Å²) in [7, 11) is 0. The monoisotopic (exact) mass is 579 g/mol. The maximum atomic E-state index is 13.3. The molecule has 0 aliphatic carbocycles. The molecule has 5 rings (SSSR count). The van der Waals surface area contributed by atoms with Crippen LogP contribution in [0.1, 0.15) is 41.7 Å². The molecule has 3 aromatic carbocycles. The van der Waals surface area contributed by atoms with Gasteiger partial charge in [-0.15, -0.1) is 0 Å². The first-order valence-electron chi connectivity index (χ1n) is 13.8. The van der Waals surface area contributed by atoms with Crippen molar-refractivity contribution in [1.29, 1.82) is 0 Å². The topological polar surface area (TPSA) is 151 Å². The summed E-state index contributed by atoms with van der Waals surface area (Å²) in [5.41, 5.74) is 2.30. The summed E-state index contributed by atoms with van der Waals surface area (Å²) >= 11 is 0. The number of amides is 1. The molecule has 0 aromatic heterocycles. The fourth-order valence-electron chi connectivity index (χ4n) is 5.66. The zero-order valence-corrected chi connectivity index (χ0v) is 22.6. The van der Waals surface area contributed by atoms with E-state index in [-0.39, 0.29) is 18.1 Å². The van der Waals surface area contributed by atoms with E-state index < -0.39 is 61.0 Å². The lowest BCUT2D eigenvalue weighted by molar-refractivity contribution is -0.216. The molecule has 3 aromatic rings. The van der Waals surface area contributed by atoms with Gasteiger partial charge in [0.1, 0.15) is 42.1 Å². The molecule has 42 heavy (non-hydrogen) atoms. The number of para-hydroxylation sites is 1. The summed E-state index contributed by atoms with van der Waals surface area (Å²) in [6.45, 7) is -0.537. The van der Waals surface area contributed by atoms with Crippen LogP contribution in [0.2, 0.25) is 0 Å². The number of rotatable bonds is 9. The molecule has 0 radical (unpaired) electrons. The Kier molecular flexibility index (Phi) is 9.02. The number of benzene rings is 3. The second kappa shape index (κ2) is 12.7. The number of ether oxygens (including phenoxy) is 1. The van der Waals surface area contributed by atoms with Gasteiger partial charge in [0.25, 0.3) is 0 Å². The van der Waals surface area contributed by atoms with Crippen LogP contribution in [0.15, 0.2) is 78.9 Å². The van der Waals surface area contributed by atoms with E-state index in [2.05, 4.69) is 0 Å². The van der Waals surface area contributed by atoms with Gasteiger partial charge in [0.05, 0.1) is 24.7 Å². The van der Waals surface area contributed by atoms with Crippen molar-refractivity contribution in [3.8, 4) is 5.75 Å². The molecule has 0 unspecified atom stereocenters. The minimum absolute atomic E-state index is 0.0616. The van der Waals surface area contributed by atoms with Crippen LogP contribution in [0.3, 0.4) is 0 Å².